The summed E-state index contributed by atoms with van der Waals surface area (Å²) in [5, 5.41) is -0.209. The van der Waals surface area contributed by atoms with Gasteiger partial charge in [-0.3, -0.25) is 4.79 Å². The molecule has 0 aliphatic carbocycles. The maximum atomic E-state index is 13.3. The number of alkyl halides is 3. The van der Waals surface area contributed by atoms with Crippen molar-refractivity contribution in [1.82, 2.24) is 4.98 Å². The molecule has 0 amide bonds. The summed E-state index contributed by atoms with van der Waals surface area (Å²) in [7, 11) is 0. The summed E-state index contributed by atoms with van der Waals surface area (Å²) >= 11 is 0.859. The Hall–Kier alpha value is -2.41. The number of nitrogens with zero attached hydrogens (tertiary/aromatic N) is 1. The minimum absolute atomic E-state index is 0.0539. The molecule has 0 spiro atoms. The second kappa shape index (κ2) is 5.10. The van der Waals surface area contributed by atoms with E-state index in [0.29, 0.717) is 11.8 Å². The molecule has 0 bridgehead atoms. The minimum Gasteiger partial charge on any atom is -0.397 e. The van der Waals surface area contributed by atoms with Crippen LogP contribution >= 0.6 is 11.3 Å². The lowest BCUT2D eigenvalue weighted by atomic mass is 10.1. The molecule has 0 aliphatic heterocycles. The Kier molecular flexibility index (Phi) is 3.37. The number of hydrogen-bond acceptors (Lipinski definition) is 4. The van der Waals surface area contributed by atoms with Crippen LogP contribution in [0.3, 0.4) is 0 Å². The lowest BCUT2D eigenvalue weighted by molar-refractivity contribution is -0.136. The van der Waals surface area contributed by atoms with Crippen molar-refractivity contribution in [3.05, 3.63) is 46.8 Å². The summed E-state index contributed by atoms with van der Waals surface area (Å²) in [6, 6.07) is 9.51. The lowest BCUT2D eigenvalue weighted by Gasteiger charge is -2.11. The van der Waals surface area contributed by atoms with Crippen LogP contribution in [0.4, 0.5) is 18.9 Å². The summed E-state index contributed by atoms with van der Waals surface area (Å²) in [5.41, 5.74) is 5.38. The molecule has 0 fully saturated rings. The van der Waals surface area contributed by atoms with Gasteiger partial charge in [-0.25, -0.2) is 4.98 Å². The molecule has 2 aromatic heterocycles. The van der Waals surface area contributed by atoms with Crippen LogP contribution in [0.1, 0.15) is 15.2 Å². The highest BCUT2D eigenvalue weighted by atomic mass is 32.1. The Bertz CT molecular complexity index is 857. The fourth-order valence-electron chi connectivity index (χ4n) is 2.21. The molecule has 2 N–H and O–H groups in total. The number of carbonyl (C=O) groups excluding carboxylic acids is 1. The molecular weight excluding hydrogens is 313 g/mol. The summed E-state index contributed by atoms with van der Waals surface area (Å²) < 4.78 is 40.0. The number of anilines is 1. The number of thiophene rings is 1. The number of nitrogen functional groups attached to an aromatic ring is 1. The van der Waals surface area contributed by atoms with Gasteiger partial charge in [0.15, 0.2) is 6.29 Å². The predicted molar refractivity (Wildman–Crippen MR) is 79.9 cm³/mol. The van der Waals surface area contributed by atoms with Gasteiger partial charge in [-0.1, -0.05) is 30.3 Å². The van der Waals surface area contributed by atoms with Gasteiger partial charge in [-0.05, 0) is 6.07 Å². The van der Waals surface area contributed by atoms with E-state index in [1.165, 1.54) is 0 Å². The van der Waals surface area contributed by atoms with Gasteiger partial charge in [-0.15, -0.1) is 11.3 Å². The average Bonchev–Trinajstić information content (AvgIpc) is 2.82. The van der Waals surface area contributed by atoms with Gasteiger partial charge in [0.25, 0.3) is 0 Å². The van der Waals surface area contributed by atoms with Crippen LogP contribution in [-0.2, 0) is 6.18 Å². The van der Waals surface area contributed by atoms with Gasteiger partial charge in [0.2, 0.25) is 0 Å². The van der Waals surface area contributed by atoms with E-state index in [-0.39, 0.29) is 26.5 Å². The average molecular weight is 322 g/mol. The molecule has 3 rings (SSSR count). The molecule has 2 heterocycles. The van der Waals surface area contributed by atoms with Crippen LogP contribution < -0.4 is 5.73 Å². The van der Waals surface area contributed by atoms with E-state index < -0.39 is 11.7 Å². The summed E-state index contributed by atoms with van der Waals surface area (Å²) in [4.78, 5) is 15.3. The van der Waals surface area contributed by atoms with Crippen molar-refractivity contribution in [1.29, 1.82) is 0 Å². The Labute approximate surface area is 127 Å². The molecule has 0 aliphatic rings. The van der Waals surface area contributed by atoms with Gasteiger partial charge < -0.3 is 5.73 Å². The van der Waals surface area contributed by atoms with Crippen molar-refractivity contribution in [3.8, 4) is 11.3 Å². The van der Waals surface area contributed by atoms with Crippen molar-refractivity contribution in [3.63, 3.8) is 0 Å². The number of carbonyl (C=O) groups is 1. The largest absolute Gasteiger partial charge is 0.417 e. The number of rotatable bonds is 2. The van der Waals surface area contributed by atoms with Gasteiger partial charge in [-0.2, -0.15) is 13.2 Å². The van der Waals surface area contributed by atoms with E-state index >= 15 is 0 Å². The molecule has 112 valence electrons. The molecule has 3 nitrogen and oxygen atoms in total. The maximum absolute atomic E-state index is 13.3. The van der Waals surface area contributed by atoms with E-state index in [9.17, 15) is 18.0 Å². The van der Waals surface area contributed by atoms with Crippen molar-refractivity contribution in [2.75, 3.05) is 5.73 Å². The maximum Gasteiger partial charge on any atom is 0.417 e. The van der Waals surface area contributed by atoms with Crippen LogP contribution in [0.25, 0.3) is 21.5 Å². The highest BCUT2D eigenvalue weighted by Gasteiger charge is 2.35. The topological polar surface area (TPSA) is 56.0 Å². The SMILES string of the molecule is Nc1c(C=O)sc2nc(-c3ccccc3)cc(C(F)(F)F)c12. The van der Waals surface area contributed by atoms with E-state index in [4.69, 9.17) is 5.73 Å². The highest BCUT2D eigenvalue weighted by molar-refractivity contribution is 7.20. The molecule has 1 aromatic carbocycles. The third-order valence-electron chi connectivity index (χ3n) is 3.21. The summed E-state index contributed by atoms with van der Waals surface area (Å²) in [6.45, 7) is 0. The number of benzene rings is 1. The molecule has 22 heavy (non-hydrogen) atoms. The highest BCUT2D eigenvalue weighted by Crippen LogP contribution is 2.42. The number of pyridine rings is 1. The fraction of sp³-hybridized carbons (Fsp3) is 0.0667. The van der Waals surface area contributed by atoms with Crippen LogP contribution in [-0.4, -0.2) is 11.3 Å². The zero-order valence-corrected chi connectivity index (χ0v) is 11.8. The minimum atomic E-state index is -4.58. The first-order valence-electron chi connectivity index (χ1n) is 6.22. The van der Waals surface area contributed by atoms with E-state index in [0.717, 1.165) is 17.4 Å². The first-order valence-corrected chi connectivity index (χ1v) is 7.04. The second-order valence-corrected chi connectivity index (χ2v) is 5.63. The van der Waals surface area contributed by atoms with Crippen LogP contribution in [0.2, 0.25) is 0 Å². The molecule has 0 atom stereocenters. The number of halogens is 3. The van der Waals surface area contributed by atoms with Crippen molar-refractivity contribution < 1.29 is 18.0 Å². The predicted octanol–water partition coefficient (Wildman–Crippen LogP) is 4.38. The number of nitrogens with two attached hydrogens (primary N) is 1. The lowest BCUT2D eigenvalue weighted by Crippen LogP contribution is -2.07. The summed E-state index contributed by atoms with van der Waals surface area (Å²) in [6.07, 6.45) is -4.13. The Morgan fingerprint density at radius 2 is 1.86 bits per heavy atom. The third-order valence-corrected chi connectivity index (χ3v) is 4.23. The normalized spacial score (nSPS) is 11.8. The molecule has 3 aromatic rings. The van der Waals surface area contributed by atoms with Crippen molar-refractivity contribution in [2.24, 2.45) is 0 Å². The Morgan fingerprint density at radius 3 is 2.45 bits per heavy atom. The number of fused-ring (bicyclic) bond motifs is 1. The zero-order chi connectivity index (χ0) is 15.9. The van der Waals surface area contributed by atoms with Crippen molar-refractivity contribution in [2.45, 2.75) is 6.18 Å². The Morgan fingerprint density at radius 1 is 1.18 bits per heavy atom. The van der Waals surface area contributed by atoms with Crippen LogP contribution in [0.5, 0.6) is 0 Å². The van der Waals surface area contributed by atoms with Gasteiger partial charge in [0.05, 0.1) is 21.8 Å². The Balaban J connectivity index is 2.37. The van der Waals surface area contributed by atoms with E-state index in [1.54, 1.807) is 30.3 Å². The third kappa shape index (κ3) is 2.33. The molecule has 0 saturated carbocycles. The quantitative estimate of drug-likeness (QED) is 0.713. The molecular formula is C15H9F3N2OS. The molecule has 0 radical (unpaired) electrons. The zero-order valence-electron chi connectivity index (χ0n) is 11.0. The monoisotopic (exact) mass is 322 g/mol. The molecule has 0 unspecified atom stereocenters. The van der Waals surface area contributed by atoms with E-state index in [2.05, 4.69) is 4.98 Å². The number of hydrogen-bond donors (Lipinski definition) is 1. The van der Waals surface area contributed by atoms with Gasteiger partial charge in [0.1, 0.15) is 4.83 Å². The van der Waals surface area contributed by atoms with Crippen molar-refractivity contribution >= 4 is 33.5 Å². The number of aldehydes is 1. The van der Waals surface area contributed by atoms with Gasteiger partial charge in [0, 0.05) is 10.9 Å². The molecule has 0 saturated heterocycles. The first-order chi connectivity index (χ1) is 10.4. The van der Waals surface area contributed by atoms with Crippen LogP contribution in [0, 0.1) is 0 Å². The standard InChI is InChI=1S/C15H9F3N2OS/c16-15(17,18)9-6-10(8-4-2-1-3-5-8)20-14-12(9)13(19)11(7-21)22-14/h1-7H,19H2. The molecule has 7 heteroatoms. The first kappa shape index (κ1) is 14.5. The second-order valence-electron chi connectivity index (χ2n) is 4.60. The summed E-state index contributed by atoms with van der Waals surface area (Å²) in [5.74, 6) is 0. The van der Waals surface area contributed by atoms with E-state index in [1.807, 2.05) is 0 Å². The smallest absolute Gasteiger partial charge is 0.397 e. The van der Waals surface area contributed by atoms with Gasteiger partial charge >= 0.3 is 6.18 Å². The van der Waals surface area contributed by atoms with Crippen LogP contribution in [0.15, 0.2) is 36.4 Å². The fourth-order valence-corrected chi connectivity index (χ4v) is 3.14. The number of aromatic nitrogens is 1.